The maximum absolute atomic E-state index is 8.90. The van der Waals surface area contributed by atoms with Crippen molar-refractivity contribution in [2.75, 3.05) is 34.0 Å². The summed E-state index contributed by atoms with van der Waals surface area (Å²) in [5.74, 6) is 2.79. The van der Waals surface area contributed by atoms with Gasteiger partial charge in [-0.05, 0) is 42.3 Å². The van der Waals surface area contributed by atoms with Gasteiger partial charge in [0.05, 0.1) is 27.4 Å². The van der Waals surface area contributed by atoms with E-state index in [1.807, 2.05) is 49.4 Å². The highest BCUT2D eigenvalue weighted by atomic mass is 127. The van der Waals surface area contributed by atoms with E-state index in [9.17, 15) is 0 Å². The lowest BCUT2D eigenvalue weighted by Crippen LogP contribution is -2.36. The molecule has 2 aromatic rings. The molecule has 0 amide bonds. The highest BCUT2D eigenvalue weighted by Crippen LogP contribution is 2.27. The molecule has 7 nitrogen and oxygen atoms in total. The predicted molar refractivity (Wildman–Crippen MR) is 126 cm³/mol. The third-order valence-corrected chi connectivity index (χ3v) is 3.93. The maximum atomic E-state index is 8.90. The predicted octanol–water partition coefficient (Wildman–Crippen LogP) is 2.95. The molecule has 3 N–H and O–H groups in total. The summed E-state index contributed by atoms with van der Waals surface area (Å²) in [6, 6.07) is 13.6. The van der Waals surface area contributed by atoms with Crippen LogP contribution in [-0.2, 0) is 13.1 Å². The lowest BCUT2D eigenvalue weighted by atomic mass is 10.2. The normalized spacial score (nSPS) is 10.7. The van der Waals surface area contributed by atoms with Gasteiger partial charge >= 0.3 is 0 Å². The smallest absolute Gasteiger partial charge is 0.191 e. The SMILES string of the molecule is CCNC(=NCc1cccc(OC)c1)NCc1ccc(OCCO)c(OC)c1.I. The fourth-order valence-electron chi connectivity index (χ4n) is 2.57. The summed E-state index contributed by atoms with van der Waals surface area (Å²) >= 11 is 0. The number of benzene rings is 2. The molecule has 8 heteroatoms. The van der Waals surface area contributed by atoms with Gasteiger partial charge in [0, 0.05) is 13.1 Å². The summed E-state index contributed by atoms with van der Waals surface area (Å²) in [5, 5.41) is 15.5. The van der Waals surface area contributed by atoms with Crippen LogP contribution >= 0.6 is 24.0 Å². The largest absolute Gasteiger partial charge is 0.497 e. The number of hydrogen-bond acceptors (Lipinski definition) is 5. The van der Waals surface area contributed by atoms with E-state index in [2.05, 4.69) is 15.6 Å². The van der Waals surface area contributed by atoms with Crippen molar-refractivity contribution in [1.29, 1.82) is 0 Å². The molecule has 0 fully saturated rings. The van der Waals surface area contributed by atoms with Gasteiger partial charge < -0.3 is 30.0 Å². The molecule has 0 radical (unpaired) electrons. The van der Waals surface area contributed by atoms with E-state index >= 15 is 0 Å². The number of hydrogen-bond donors (Lipinski definition) is 3. The van der Waals surface area contributed by atoms with Crippen LogP contribution in [0.3, 0.4) is 0 Å². The standard InChI is InChI=1S/C21H29N3O4.HI/c1-4-22-21(23-14-16-6-5-7-18(12-16)26-2)24-15-17-8-9-19(28-11-10-25)20(13-17)27-3;/h5-9,12-13,25H,4,10-11,14-15H2,1-3H3,(H2,22,23,24);1H. The van der Waals surface area contributed by atoms with Crippen LogP contribution < -0.4 is 24.8 Å². The fourth-order valence-corrected chi connectivity index (χ4v) is 2.57. The molecule has 0 saturated carbocycles. The van der Waals surface area contributed by atoms with E-state index < -0.39 is 0 Å². The summed E-state index contributed by atoms with van der Waals surface area (Å²) in [6.45, 7) is 4.11. The first-order valence-corrected chi connectivity index (χ1v) is 9.25. The minimum absolute atomic E-state index is 0. The Labute approximate surface area is 189 Å². The quantitative estimate of drug-likeness (QED) is 0.257. The van der Waals surface area contributed by atoms with Crippen molar-refractivity contribution in [1.82, 2.24) is 10.6 Å². The van der Waals surface area contributed by atoms with Crippen molar-refractivity contribution in [3.8, 4) is 17.2 Å². The van der Waals surface area contributed by atoms with E-state index in [1.165, 1.54) is 0 Å². The Kier molecular flexibility index (Phi) is 11.9. The first-order chi connectivity index (χ1) is 13.7. The molecule has 0 unspecified atom stereocenters. The van der Waals surface area contributed by atoms with Crippen molar-refractivity contribution >= 4 is 29.9 Å². The van der Waals surface area contributed by atoms with Crippen molar-refractivity contribution in [3.63, 3.8) is 0 Å². The van der Waals surface area contributed by atoms with Gasteiger partial charge in [0.1, 0.15) is 12.4 Å². The van der Waals surface area contributed by atoms with Gasteiger partial charge in [0.15, 0.2) is 17.5 Å². The van der Waals surface area contributed by atoms with E-state index in [0.717, 1.165) is 29.4 Å². The first kappa shape index (κ1) is 24.8. The molecule has 0 aliphatic rings. The molecule has 0 heterocycles. The second kappa shape index (κ2) is 13.9. The zero-order valence-corrected chi connectivity index (χ0v) is 19.4. The number of methoxy groups -OCH3 is 2. The van der Waals surface area contributed by atoms with Crippen molar-refractivity contribution in [2.45, 2.75) is 20.0 Å². The van der Waals surface area contributed by atoms with Gasteiger partial charge in [0.2, 0.25) is 0 Å². The Bertz CT molecular complexity index is 771. The van der Waals surface area contributed by atoms with Gasteiger partial charge in [-0.25, -0.2) is 4.99 Å². The number of aliphatic hydroxyl groups is 1. The monoisotopic (exact) mass is 515 g/mol. The molecule has 0 saturated heterocycles. The van der Waals surface area contributed by atoms with Crippen molar-refractivity contribution in [3.05, 3.63) is 53.6 Å². The molecule has 0 spiro atoms. The third-order valence-electron chi connectivity index (χ3n) is 3.93. The van der Waals surface area contributed by atoms with Gasteiger partial charge in [-0.15, -0.1) is 24.0 Å². The van der Waals surface area contributed by atoms with Crippen molar-refractivity contribution < 1.29 is 19.3 Å². The van der Waals surface area contributed by atoms with Crippen LogP contribution in [-0.4, -0.2) is 45.0 Å². The maximum Gasteiger partial charge on any atom is 0.191 e. The minimum Gasteiger partial charge on any atom is -0.497 e. The van der Waals surface area contributed by atoms with E-state index in [0.29, 0.717) is 24.6 Å². The Morgan fingerprint density at radius 3 is 2.52 bits per heavy atom. The highest BCUT2D eigenvalue weighted by Gasteiger charge is 2.07. The molecule has 0 atom stereocenters. The molecular weight excluding hydrogens is 485 g/mol. The zero-order valence-electron chi connectivity index (χ0n) is 17.1. The summed E-state index contributed by atoms with van der Waals surface area (Å²) < 4.78 is 16.1. The van der Waals surface area contributed by atoms with Crippen LogP contribution in [0.15, 0.2) is 47.5 Å². The van der Waals surface area contributed by atoms with Gasteiger partial charge in [-0.3, -0.25) is 0 Å². The lowest BCUT2D eigenvalue weighted by molar-refractivity contribution is 0.196. The fraction of sp³-hybridized carbons (Fsp3) is 0.381. The summed E-state index contributed by atoms with van der Waals surface area (Å²) in [4.78, 5) is 4.63. The number of ether oxygens (including phenoxy) is 3. The summed E-state index contributed by atoms with van der Waals surface area (Å²) in [5.41, 5.74) is 2.10. The Morgan fingerprint density at radius 1 is 1.00 bits per heavy atom. The van der Waals surface area contributed by atoms with Gasteiger partial charge in [0.25, 0.3) is 0 Å². The van der Waals surface area contributed by atoms with Crippen LogP contribution in [0.1, 0.15) is 18.1 Å². The van der Waals surface area contributed by atoms with E-state index in [-0.39, 0.29) is 37.2 Å². The van der Waals surface area contributed by atoms with Crippen LogP contribution in [0.25, 0.3) is 0 Å². The number of nitrogens with zero attached hydrogens (tertiary/aromatic N) is 1. The molecule has 2 aromatic carbocycles. The van der Waals surface area contributed by atoms with Gasteiger partial charge in [-0.2, -0.15) is 0 Å². The summed E-state index contributed by atoms with van der Waals surface area (Å²) in [6.07, 6.45) is 0. The highest BCUT2D eigenvalue weighted by molar-refractivity contribution is 14.0. The van der Waals surface area contributed by atoms with E-state index in [1.54, 1.807) is 14.2 Å². The molecule has 29 heavy (non-hydrogen) atoms. The number of nitrogens with one attached hydrogen (secondary N) is 2. The van der Waals surface area contributed by atoms with E-state index in [4.69, 9.17) is 19.3 Å². The number of rotatable bonds is 10. The number of aliphatic hydroxyl groups excluding tert-OH is 1. The van der Waals surface area contributed by atoms with Crippen LogP contribution in [0.4, 0.5) is 0 Å². The second-order valence-electron chi connectivity index (χ2n) is 5.96. The number of halogens is 1. The van der Waals surface area contributed by atoms with Crippen molar-refractivity contribution in [2.24, 2.45) is 4.99 Å². The molecule has 0 aliphatic carbocycles. The molecule has 0 aliphatic heterocycles. The molecule has 0 aromatic heterocycles. The number of guanidine groups is 1. The molecular formula is C21H30IN3O4. The summed E-state index contributed by atoms with van der Waals surface area (Å²) in [7, 11) is 3.25. The Morgan fingerprint density at radius 2 is 1.83 bits per heavy atom. The average molecular weight is 515 g/mol. The first-order valence-electron chi connectivity index (χ1n) is 9.25. The second-order valence-corrected chi connectivity index (χ2v) is 5.96. The van der Waals surface area contributed by atoms with Crippen LogP contribution in [0, 0.1) is 0 Å². The lowest BCUT2D eigenvalue weighted by Gasteiger charge is -2.14. The topological polar surface area (TPSA) is 84.3 Å². The molecule has 0 bridgehead atoms. The Hall–Kier alpha value is -2.20. The zero-order chi connectivity index (χ0) is 20.2. The minimum atomic E-state index is -0.0394. The molecule has 2 rings (SSSR count). The third kappa shape index (κ3) is 8.36. The Balaban J connectivity index is 0.00000420. The van der Waals surface area contributed by atoms with Crippen LogP contribution in [0.5, 0.6) is 17.2 Å². The van der Waals surface area contributed by atoms with Crippen LogP contribution in [0.2, 0.25) is 0 Å². The average Bonchev–Trinajstić information content (AvgIpc) is 2.74. The molecule has 160 valence electrons. The number of aliphatic imine (C=N–C) groups is 1. The van der Waals surface area contributed by atoms with Gasteiger partial charge in [-0.1, -0.05) is 18.2 Å².